The summed E-state index contributed by atoms with van der Waals surface area (Å²) < 4.78 is 0. The summed E-state index contributed by atoms with van der Waals surface area (Å²) in [4.78, 5) is 28.3. The van der Waals surface area contributed by atoms with E-state index in [-0.39, 0.29) is 23.1 Å². The Morgan fingerprint density at radius 1 is 1.09 bits per heavy atom. The molecule has 112 valence electrons. The molecular weight excluding hydrogens is 294 g/mol. The van der Waals surface area contributed by atoms with Crippen molar-refractivity contribution in [3.63, 3.8) is 0 Å². The molecule has 1 aromatic carbocycles. The highest BCUT2D eigenvalue weighted by Crippen LogP contribution is 2.78. The lowest BCUT2D eigenvalue weighted by molar-refractivity contribution is -0.123. The van der Waals surface area contributed by atoms with Gasteiger partial charge in [-0.1, -0.05) is 38.1 Å². The van der Waals surface area contributed by atoms with Gasteiger partial charge in [-0.3, -0.25) is 14.5 Å². The number of anilines is 1. The second-order valence-electron chi connectivity index (χ2n) is 6.69. The van der Waals surface area contributed by atoms with E-state index in [0.29, 0.717) is 12.1 Å². The first-order valence-corrected chi connectivity index (χ1v) is 8.34. The first-order chi connectivity index (χ1) is 10.5. The van der Waals surface area contributed by atoms with Crippen LogP contribution in [0, 0.1) is 10.8 Å². The summed E-state index contributed by atoms with van der Waals surface area (Å²) >= 11 is 1.67. The number of rotatable bonds is 2. The zero-order valence-electron chi connectivity index (χ0n) is 12.6. The molecule has 0 bridgehead atoms. The van der Waals surface area contributed by atoms with Crippen LogP contribution in [0.4, 0.5) is 5.69 Å². The second-order valence-corrected chi connectivity index (χ2v) is 7.67. The number of thiophene rings is 1. The number of hydrogen-bond donors (Lipinski definition) is 0. The molecule has 0 N–H and O–H groups in total. The van der Waals surface area contributed by atoms with Crippen molar-refractivity contribution in [1.29, 1.82) is 0 Å². The van der Waals surface area contributed by atoms with Crippen LogP contribution < -0.4 is 4.90 Å². The fourth-order valence-corrected chi connectivity index (χ4v) is 5.28. The number of imide groups is 1. The summed E-state index contributed by atoms with van der Waals surface area (Å²) in [5.41, 5.74) is -0.0548. The predicted octanol–water partition coefficient (Wildman–Crippen LogP) is 3.82. The summed E-state index contributed by atoms with van der Waals surface area (Å²) in [5, 5.41) is 2.04. The molecular formula is C18H17NO2S. The Morgan fingerprint density at radius 2 is 1.82 bits per heavy atom. The molecule has 4 rings (SSSR count). The maximum Gasteiger partial charge on any atom is 0.241 e. The Labute approximate surface area is 133 Å². The molecule has 2 fully saturated rings. The van der Waals surface area contributed by atoms with Crippen LogP contribution in [-0.4, -0.2) is 11.8 Å². The van der Waals surface area contributed by atoms with Gasteiger partial charge >= 0.3 is 0 Å². The monoisotopic (exact) mass is 311 g/mol. The van der Waals surface area contributed by atoms with E-state index in [4.69, 9.17) is 0 Å². The maximum atomic E-state index is 13.1. The van der Waals surface area contributed by atoms with Gasteiger partial charge in [-0.05, 0) is 29.0 Å². The van der Waals surface area contributed by atoms with Crippen molar-refractivity contribution >= 4 is 28.8 Å². The Kier molecular flexibility index (Phi) is 2.67. The zero-order chi connectivity index (χ0) is 15.5. The number of nitrogens with zero attached hydrogens (tertiary/aromatic N) is 1. The predicted molar refractivity (Wildman–Crippen MR) is 86.8 cm³/mol. The Balaban J connectivity index is 1.77. The van der Waals surface area contributed by atoms with Gasteiger partial charge in [0.2, 0.25) is 11.8 Å². The largest absolute Gasteiger partial charge is 0.274 e. The van der Waals surface area contributed by atoms with Crippen LogP contribution in [0.25, 0.3) is 0 Å². The number of hydrogen-bond acceptors (Lipinski definition) is 3. The third-order valence-corrected chi connectivity index (χ3v) is 6.32. The first-order valence-electron chi connectivity index (χ1n) is 7.46. The third-order valence-electron chi connectivity index (χ3n) is 5.39. The quantitative estimate of drug-likeness (QED) is 0.791. The lowest BCUT2D eigenvalue weighted by Gasteiger charge is -2.16. The van der Waals surface area contributed by atoms with E-state index in [0.717, 1.165) is 0 Å². The number of para-hydroxylation sites is 1. The first kappa shape index (κ1) is 13.7. The van der Waals surface area contributed by atoms with Crippen LogP contribution in [0.1, 0.15) is 31.1 Å². The van der Waals surface area contributed by atoms with Gasteiger partial charge in [-0.15, -0.1) is 11.3 Å². The van der Waals surface area contributed by atoms with Gasteiger partial charge in [0.15, 0.2) is 0 Å². The van der Waals surface area contributed by atoms with Crippen LogP contribution >= 0.6 is 11.3 Å². The molecule has 2 aliphatic rings. The highest BCUT2D eigenvalue weighted by atomic mass is 32.1. The molecule has 2 unspecified atom stereocenters. The smallest absolute Gasteiger partial charge is 0.241 e. The Morgan fingerprint density at radius 3 is 2.45 bits per heavy atom. The van der Waals surface area contributed by atoms with Gasteiger partial charge < -0.3 is 0 Å². The van der Waals surface area contributed by atoms with Gasteiger partial charge in [0.05, 0.1) is 11.1 Å². The van der Waals surface area contributed by atoms with Gasteiger partial charge in [-0.2, -0.15) is 0 Å². The summed E-state index contributed by atoms with van der Waals surface area (Å²) in [6.45, 7) is 4.22. The molecule has 1 saturated heterocycles. The van der Waals surface area contributed by atoms with Crippen molar-refractivity contribution in [1.82, 2.24) is 0 Å². The maximum absolute atomic E-state index is 13.1. The van der Waals surface area contributed by atoms with Crippen molar-refractivity contribution in [2.24, 2.45) is 10.8 Å². The lowest BCUT2D eigenvalue weighted by atomic mass is 9.94. The SMILES string of the molecule is CC1(C)C(c2cccs2)C12CC(=O)N(c1ccccc1)C2=O. The zero-order valence-corrected chi connectivity index (χ0v) is 13.4. The minimum Gasteiger partial charge on any atom is -0.274 e. The van der Waals surface area contributed by atoms with Crippen LogP contribution in [-0.2, 0) is 9.59 Å². The molecule has 1 saturated carbocycles. The average molecular weight is 311 g/mol. The van der Waals surface area contributed by atoms with Crippen molar-refractivity contribution in [3.8, 4) is 0 Å². The molecule has 2 amide bonds. The van der Waals surface area contributed by atoms with Crippen molar-refractivity contribution < 1.29 is 9.59 Å². The van der Waals surface area contributed by atoms with E-state index in [9.17, 15) is 9.59 Å². The van der Waals surface area contributed by atoms with Crippen LogP contribution in [0.2, 0.25) is 0 Å². The van der Waals surface area contributed by atoms with Gasteiger partial charge in [0.25, 0.3) is 0 Å². The molecule has 1 spiro atoms. The van der Waals surface area contributed by atoms with E-state index < -0.39 is 5.41 Å². The van der Waals surface area contributed by atoms with E-state index in [1.165, 1.54) is 9.78 Å². The highest BCUT2D eigenvalue weighted by Gasteiger charge is 2.80. The molecule has 2 heterocycles. The molecule has 22 heavy (non-hydrogen) atoms. The average Bonchev–Trinajstić information content (AvgIpc) is 2.88. The number of benzene rings is 1. The van der Waals surface area contributed by atoms with E-state index in [1.807, 2.05) is 41.8 Å². The molecule has 3 nitrogen and oxygen atoms in total. The van der Waals surface area contributed by atoms with E-state index in [2.05, 4.69) is 19.9 Å². The van der Waals surface area contributed by atoms with Crippen molar-refractivity contribution in [2.45, 2.75) is 26.2 Å². The molecule has 2 atom stereocenters. The molecule has 1 aliphatic heterocycles. The normalized spacial score (nSPS) is 29.4. The van der Waals surface area contributed by atoms with Crippen LogP contribution in [0.3, 0.4) is 0 Å². The van der Waals surface area contributed by atoms with Crippen molar-refractivity contribution in [3.05, 3.63) is 52.7 Å². The molecule has 4 heteroatoms. The van der Waals surface area contributed by atoms with Crippen LogP contribution in [0.15, 0.2) is 47.8 Å². The number of carbonyl (C=O) groups excluding carboxylic acids is 2. The van der Waals surface area contributed by atoms with Gasteiger partial charge in [0, 0.05) is 17.2 Å². The highest BCUT2D eigenvalue weighted by molar-refractivity contribution is 7.10. The van der Waals surface area contributed by atoms with Crippen LogP contribution in [0.5, 0.6) is 0 Å². The lowest BCUT2D eigenvalue weighted by Crippen LogP contribution is -2.32. The standard InChI is InChI=1S/C18H17NO2S/c1-17(2)15(13-9-6-10-22-13)18(17)11-14(20)19(16(18)21)12-7-4-3-5-8-12/h3-10,15H,11H2,1-2H3. The van der Waals surface area contributed by atoms with E-state index in [1.54, 1.807) is 11.3 Å². The minimum atomic E-state index is -0.565. The van der Waals surface area contributed by atoms with Gasteiger partial charge in [-0.25, -0.2) is 0 Å². The summed E-state index contributed by atoms with van der Waals surface area (Å²) in [7, 11) is 0. The summed E-state index contributed by atoms with van der Waals surface area (Å²) in [5.74, 6) is 0.0283. The fourth-order valence-electron chi connectivity index (χ4n) is 4.18. The number of carbonyl (C=O) groups is 2. The van der Waals surface area contributed by atoms with E-state index >= 15 is 0 Å². The second kappa shape index (κ2) is 4.29. The molecule has 1 aliphatic carbocycles. The summed E-state index contributed by atoms with van der Waals surface area (Å²) in [6.07, 6.45) is 0.316. The molecule has 2 aromatic rings. The summed E-state index contributed by atoms with van der Waals surface area (Å²) in [6, 6.07) is 13.3. The van der Waals surface area contributed by atoms with Crippen molar-refractivity contribution in [2.75, 3.05) is 4.90 Å². The minimum absolute atomic E-state index is 0.0351. The molecule has 0 radical (unpaired) electrons. The Hall–Kier alpha value is -1.94. The third kappa shape index (κ3) is 1.51. The Bertz CT molecular complexity index is 751. The topological polar surface area (TPSA) is 37.4 Å². The van der Waals surface area contributed by atoms with Gasteiger partial charge in [0.1, 0.15) is 0 Å². The fraction of sp³-hybridized carbons (Fsp3) is 0.333. The number of amides is 2. The molecule has 1 aromatic heterocycles.